The van der Waals surface area contributed by atoms with Crippen LogP contribution in [0.3, 0.4) is 0 Å². The van der Waals surface area contributed by atoms with Gasteiger partial charge in [0, 0.05) is 10.7 Å². The molecule has 0 fully saturated rings. The molecule has 1 N–H and O–H groups in total. The Hall–Kier alpha value is -1.85. The smallest absolute Gasteiger partial charge is 0.308 e. The van der Waals surface area contributed by atoms with Crippen molar-refractivity contribution >= 4 is 45.9 Å². The van der Waals surface area contributed by atoms with Gasteiger partial charge in [-0.3, -0.25) is 4.90 Å². The monoisotopic (exact) mass is 308 g/mol. The molecule has 0 unspecified atom stereocenters. The molecule has 0 aliphatic carbocycles. The average molecular weight is 309 g/mol. The zero-order chi connectivity index (χ0) is 14.5. The van der Waals surface area contributed by atoms with Gasteiger partial charge in [0.05, 0.1) is 11.0 Å². The number of nitrogens with one attached hydrogen (secondary N) is 1. The molecule has 0 bridgehead atoms. The van der Waals surface area contributed by atoms with E-state index >= 15 is 0 Å². The Morgan fingerprint density at radius 1 is 1.35 bits per heavy atom. The van der Waals surface area contributed by atoms with Gasteiger partial charge in [-0.25, -0.2) is 4.79 Å². The van der Waals surface area contributed by atoms with Crippen molar-refractivity contribution in [2.45, 2.75) is 13.0 Å². The Labute approximate surface area is 126 Å². The van der Waals surface area contributed by atoms with E-state index in [1.807, 2.05) is 11.4 Å². The van der Waals surface area contributed by atoms with Crippen molar-refractivity contribution < 1.29 is 9.59 Å². The van der Waals surface area contributed by atoms with E-state index in [1.54, 1.807) is 37.3 Å². The number of hydrogen-bond acceptors (Lipinski definition) is 3. The summed E-state index contributed by atoms with van der Waals surface area (Å²) in [6, 6.07) is 9.53. The summed E-state index contributed by atoms with van der Waals surface area (Å²) < 4.78 is 0. The van der Waals surface area contributed by atoms with Gasteiger partial charge < -0.3 is 10.1 Å². The van der Waals surface area contributed by atoms with E-state index in [9.17, 15) is 9.59 Å². The van der Waals surface area contributed by atoms with Crippen LogP contribution in [-0.2, 0) is 4.79 Å². The van der Waals surface area contributed by atoms with Crippen molar-refractivity contribution in [3.05, 3.63) is 46.8 Å². The van der Waals surface area contributed by atoms with Crippen LogP contribution in [0, 0.1) is 0 Å². The Bertz CT molecular complexity index is 584. The van der Waals surface area contributed by atoms with Crippen molar-refractivity contribution in [2.24, 2.45) is 0 Å². The van der Waals surface area contributed by atoms with Gasteiger partial charge in [0.25, 0.3) is 0 Å². The number of carbonyl (C=O) groups is 2. The predicted octanol–water partition coefficient (Wildman–Crippen LogP) is 4.03. The molecule has 20 heavy (non-hydrogen) atoms. The first-order valence-corrected chi connectivity index (χ1v) is 7.22. The van der Waals surface area contributed by atoms with Gasteiger partial charge in [0.2, 0.25) is 0 Å². The Kier molecular flexibility index (Phi) is 4.76. The molecule has 4 nitrogen and oxygen atoms in total. The maximum atomic E-state index is 12.3. The fraction of sp³-hybridized carbons (Fsp3) is 0.143. The first-order valence-electron chi connectivity index (χ1n) is 5.96. The van der Waals surface area contributed by atoms with Crippen molar-refractivity contribution in [3.63, 3.8) is 0 Å². The molecular weight excluding hydrogens is 296 g/mol. The first-order chi connectivity index (χ1) is 9.61. The van der Waals surface area contributed by atoms with Gasteiger partial charge in [-0.05, 0) is 48.7 Å². The molecule has 0 spiro atoms. The second-order valence-corrected chi connectivity index (χ2v) is 5.50. The Morgan fingerprint density at radius 2 is 2.05 bits per heavy atom. The van der Waals surface area contributed by atoms with E-state index in [0.717, 1.165) is 11.3 Å². The second kappa shape index (κ2) is 6.54. The minimum atomic E-state index is -0.541. The lowest BCUT2D eigenvalue weighted by molar-refractivity contribution is -0.108. The van der Waals surface area contributed by atoms with Gasteiger partial charge in [0.1, 0.15) is 6.29 Å². The number of benzene rings is 1. The number of hydrogen-bond donors (Lipinski definition) is 1. The fourth-order valence-electron chi connectivity index (χ4n) is 1.67. The van der Waals surface area contributed by atoms with Crippen LogP contribution in [0.15, 0.2) is 41.8 Å². The third-order valence-electron chi connectivity index (χ3n) is 2.66. The lowest BCUT2D eigenvalue weighted by atomic mass is 10.3. The minimum absolute atomic E-state index is 0.352. The van der Waals surface area contributed by atoms with Gasteiger partial charge in [-0.15, -0.1) is 11.3 Å². The summed E-state index contributed by atoms with van der Waals surface area (Å²) >= 11 is 7.20. The highest BCUT2D eigenvalue weighted by Gasteiger charge is 2.22. The highest BCUT2D eigenvalue weighted by Crippen LogP contribution is 2.24. The molecule has 1 atom stereocenters. The molecule has 1 heterocycles. The Balaban J connectivity index is 2.19. The molecule has 0 aliphatic rings. The van der Waals surface area contributed by atoms with Crippen LogP contribution in [0.25, 0.3) is 0 Å². The number of amides is 2. The zero-order valence-electron chi connectivity index (χ0n) is 10.7. The zero-order valence-corrected chi connectivity index (χ0v) is 12.3. The number of thiophene rings is 1. The number of nitrogens with zero attached hydrogens (tertiary/aromatic N) is 1. The molecule has 1 aromatic carbocycles. The van der Waals surface area contributed by atoms with E-state index in [0.29, 0.717) is 10.7 Å². The number of anilines is 2. The van der Waals surface area contributed by atoms with Crippen molar-refractivity contribution in [1.29, 1.82) is 0 Å². The van der Waals surface area contributed by atoms with Crippen molar-refractivity contribution in [3.8, 4) is 0 Å². The van der Waals surface area contributed by atoms with Gasteiger partial charge in [-0.2, -0.15) is 0 Å². The lowest BCUT2D eigenvalue weighted by Crippen LogP contribution is -2.42. The van der Waals surface area contributed by atoms with E-state index in [-0.39, 0.29) is 6.03 Å². The van der Waals surface area contributed by atoms with E-state index in [2.05, 4.69) is 5.32 Å². The summed E-state index contributed by atoms with van der Waals surface area (Å²) in [5.74, 6) is 0. The van der Waals surface area contributed by atoms with E-state index in [1.165, 1.54) is 16.2 Å². The summed E-state index contributed by atoms with van der Waals surface area (Å²) in [4.78, 5) is 24.8. The quantitative estimate of drug-likeness (QED) is 0.867. The van der Waals surface area contributed by atoms with Crippen LogP contribution in [0.5, 0.6) is 0 Å². The highest BCUT2D eigenvalue weighted by molar-refractivity contribution is 7.14. The number of halogens is 1. The maximum absolute atomic E-state index is 12.3. The predicted molar refractivity (Wildman–Crippen MR) is 82.8 cm³/mol. The molecule has 0 saturated carbocycles. The van der Waals surface area contributed by atoms with Crippen molar-refractivity contribution in [2.75, 3.05) is 10.2 Å². The largest absolute Gasteiger partial charge is 0.327 e. The van der Waals surface area contributed by atoms with Crippen LogP contribution in [0.4, 0.5) is 15.5 Å². The van der Waals surface area contributed by atoms with Crippen LogP contribution in [0.2, 0.25) is 5.02 Å². The van der Waals surface area contributed by atoms with Crippen LogP contribution >= 0.6 is 22.9 Å². The molecule has 2 aromatic rings. The molecule has 0 radical (unpaired) electrons. The number of rotatable bonds is 4. The summed E-state index contributed by atoms with van der Waals surface area (Å²) in [6.07, 6.45) is 0.737. The van der Waals surface area contributed by atoms with E-state index in [4.69, 9.17) is 11.6 Å². The lowest BCUT2D eigenvalue weighted by Gasteiger charge is -2.24. The number of urea groups is 1. The molecule has 6 heteroatoms. The number of aldehydes is 1. The third-order valence-corrected chi connectivity index (χ3v) is 3.78. The summed E-state index contributed by atoms with van der Waals surface area (Å²) in [5.41, 5.74) is 0.624. The molecular formula is C14H13ClN2O2S. The molecule has 104 valence electrons. The maximum Gasteiger partial charge on any atom is 0.327 e. The van der Waals surface area contributed by atoms with E-state index < -0.39 is 6.04 Å². The minimum Gasteiger partial charge on any atom is -0.308 e. The molecule has 0 aliphatic heterocycles. The summed E-state index contributed by atoms with van der Waals surface area (Å²) in [7, 11) is 0. The number of carbonyl (C=O) groups excluding carboxylic acids is 2. The SMILES string of the molecule is C[C@@H](C=O)N(C(=O)Nc1ccc(Cl)cc1)c1cccs1. The summed E-state index contributed by atoms with van der Waals surface area (Å²) in [6.45, 7) is 1.67. The van der Waals surface area contributed by atoms with Gasteiger partial charge >= 0.3 is 6.03 Å². The van der Waals surface area contributed by atoms with Crippen LogP contribution < -0.4 is 10.2 Å². The summed E-state index contributed by atoms with van der Waals surface area (Å²) in [5, 5.41) is 5.92. The second-order valence-electron chi connectivity index (χ2n) is 4.14. The highest BCUT2D eigenvalue weighted by atomic mass is 35.5. The molecule has 1 aromatic heterocycles. The normalized spacial score (nSPS) is 11.7. The van der Waals surface area contributed by atoms with Gasteiger partial charge in [-0.1, -0.05) is 11.6 Å². The molecule has 2 rings (SSSR count). The first kappa shape index (κ1) is 14.6. The molecule has 2 amide bonds. The van der Waals surface area contributed by atoms with Crippen LogP contribution in [-0.4, -0.2) is 18.4 Å². The Morgan fingerprint density at radius 3 is 2.60 bits per heavy atom. The fourth-order valence-corrected chi connectivity index (χ4v) is 2.61. The van der Waals surface area contributed by atoms with Crippen LogP contribution in [0.1, 0.15) is 6.92 Å². The third kappa shape index (κ3) is 3.37. The van der Waals surface area contributed by atoms with Gasteiger partial charge in [0.15, 0.2) is 0 Å². The topological polar surface area (TPSA) is 49.4 Å². The molecule has 0 saturated heterocycles. The van der Waals surface area contributed by atoms with Crippen molar-refractivity contribution in [1.82, 2.24) is 0 Å². The average Bonchev–Trinajstić information content (AvgIpc) is 2.95. The standard InChI is InChI=1S/C14H13ClN2O2S/c1-10(9-18)17(13-3-2-8-20-13)14(19)16-12-6-4-11(15)5-7-12/h2-10H,1H3,(H,16,19)/t10-/m0/s1.